The Morgan fingerprint density at radius 3 is 2.91 bits per heavy atom. The van der Waals surface area contributed by atoms with Gasteiger partial charge in [-0.15, -0.1) is 0 Å². The number of aromatic nitrogens is 3. The minimum absolute atomic E-state index is 0.744. The van der Waals surface area contributed by atoms with Crippen molar-refractivity contribution in [2.75, 3.05) is 19.6 Å². The Morgan fingerprint density at radius 1 is 1.36 bits per heavy atom. The van der Waals surface area contributed by atoms with Gasteiger partial charge in [0.15, 0.2) is 0 Å². The summed E-state index contributed by atoms with van der Waals surface area (Å²) in [5.41, 5.74) is 3.84. The van der Waals surface area contributed by atoms with E-state index in [1.807, 2.05) is 36.4 Å². The van der Waals surface area contributed by atoms with E-state index in [4.69, 9.17) is 0 Å². The van der Waals surface area contributed by atoms with E-state index in [0.717, 1.165) is 38.6 Å². The van der Waals surface area contributed by atoms with E-state index in [0.29, 0.717) is 0 Å². The monoisotopic (exact) mass is 299 g/mol. The third-order valence-corrected chi connectivity index (χ3v) is 4.54. The summed E-state index contributed by atoms with van der Waals surface area (Å²) >= 11 is 0. The summed E-state index contributed by atoms with van der Waals surface area (Å²) in [6.07, 6.45) is 7.07. The van der Waals surface area contributed by atoms with Crippen LogP contribution in [0.25, 0.3) is 0 Å². The van der Waals surface area contributed by atoms with Crippen LogP contribution in [-0.4, -0.2) is 39.3 Å². The summed E-state index contributed by atoms with van der Waals surface area (Å²) in [5, 5.41) is 7.84. The van der Waals surface area contributed by atoms with Gasteiger partial charge >= 0.3 is 0 Å². The van der Waals surface area contributed by atoms with Crippen LogP contribution in [0.4, 0.5) is 0 Å². The third-order valence-electron chi connectivity index (χ3n) is 4.54. The van der Waals surface area contributed by atoms with Crippen LogP contribution in [0.5, 0.6) is 0 Å². The summed E-state index contributed by atoms with van der Waals surface area (Å²) in [5.74, 6) is 0.744. The van der Waals surface area contributed by atoms with E-state index in [9.17, 15) is 0 Å². The lowest BCUT2D eigenvalue weighted by molar-refractivity contribution is 0.220. The second-order valence-electron chi connectivity index (χ2n) is 6.27. The Hall–Kier alpha value is -1.72. The molecule has 1 aliphatic heterocycles. The summed E-state index contributed by atoms with van der Waals surface area (Å²) < 4.78 is 1.95. The number of nitrogens with zero attached hydrogens (tertiary/aromatic N) is 4. The Morgan fingerprint density at radius 2 is 2.27 bits per heavy atom. The minimum atomic E-state index is 0.744. The summed E-state index contributed by atoms with van der Waals surface area (Å²) in [6.45, 7) is 7.44. The Bertz CT molecular complexity index is 586. The van der Waals surface area contributed by atoms with Crippen molar-refractivity contribution in [3.8, 4) is 0 Å². The maximum Gasteiger partial charge on any atom is 0.0537 e. The molecule has 0 spiro atoms. The van der Waals surface area contributed by atoms with Crippen LogP contribution in [0, 0.1) is 12.8 Å². The van der Waals surface area contributed by atoms with Crippen molar-refractivity contribution >= 4 is 0 Å². The van der Waals surface area contributed by atoms with Gasteiger partial charge in [-0.1, -0.05) is 6.07 Å². The molecule has 1 unspecified atom stereocenters. The zero-order chi connectivity index (χ0) is 15.4. The summed E-state index contributed by atoms with van der Waals surface area (Å²) in [7, 11) is 2.01. The van der Waals surface area contributed by atoms with E-state index in [2.05, 4.69) is 33.3 Å². The minimum Gasteiger partial charge on any atom is -0.316 e. The molecule has 3 heterocycles. The molecule has 1 saturated heterocycles. The normalized spacial score (nSPS) is 18.2. The first-order chi connectivity index (χ1) is 10.7. The van der Waals surface area contributed by atoms with Crippen LogP contribution in [0.2, 0.25) is 0 Å². The molecule has 0 amide bonds. The Kier molecular flexibility index (Phi) is 4.85. The smallest absolute Gasteiger partial charge is 0.0537 e. The zero-order valence-corrected chi connectivity index (χ0v) is 13.5. The van der Waals surface area contributed by atoms with Crippen LogP contribution in [0.1, 0.15) is 23.2 Å². The Labute approximate surface area is 132 Å². The molecule has 1 N–H and O–H groups in total. The van der Waals surface area contributed by atoms with Crippen molar-refractivity contribution in [3.63, 3.8) is 0 Å². The van der Waals surface area contributed by atoms with Crippen LogP contribution in [0.15, 0.2) is 30.7 Å². The number of aryl methyl sites for hydroxylation is 1. The average Bonchev–Trinajstić information content (AvgIpc) is 3.14. The zero-order valence-electron chi connectivity index (χ0n) is 13.5. The molecule has 0 radical (unpaired) electrons. The molecule has 5 heteroatoms. The molecule has 1 fully saturated rings. The molecule has 1 atom stereocenters. The third kappa shape index (κ3) is 3.72. The molecule has 0 bridgehead atoms. The van der Waals surface area contributed by atoms with Gasteiger partial charge in [-0.3, -0.25) is 14.6 Å². The lowest BCUT2D eigenvalue weighted by Crippen LogP contribution is -2.30. The molecular formula is C17H25N5. The molecule has 0 aliphatic carbocycles. The van der Waals surface area contributed by atoms with Crippen molar-refractivity contribution in [2.24, 2.45) is 13.0 Å². The molecule has 0 saturated carbocycles. The fourth-order valence-corrected chi connectivity index (χ4v) is 3.11. The fourth-order valence-electron chi connectivity index (χ4n) is 3.11. The summed E-state index contributed by atoms with van der Waals surface area (Å²) in [4.78, 5) is 6.77. The Balaban J connectivity index is 1.71. The molecular weight excluding hydrogens is 274 g/mol. The van der Waals surface area contributed by atoms with Crippen molar-refractivity contribution in [1.29, 1.82) is 0 Å². The second kappa shape index (κ2) is 7.03. The highest BCUT2D eigenvalue weighted by Gasteiger charge is 2.19. The van der Waals surface area contributed by atoms with Crippen molar-refractivity contribution in [3.05, 3.63) is 47.5 Å². The first kappa shape index (κ1) is 15.2. The largest absolute Gasteiger partial charge is 0.316 e. The average molecular weight is 299 g/mol. The number of nitrogens with one attached hydrogen (secondary N) is 1. The van der Waals surface area contributed by atoms with E-state index >= 15 is 0 Å². The molecule has 0 aromatic carbocycles. The SMILES string of the molecule is Cc1c(CN(Cc2cccnc2)CC2CCNC2)cnn1C. The highest BCUT2D eigenvalue weighted by atomic mass is 15.3. The molecule has 5 nitrogen and oxygen atoms in total. The number of rotatable bonds is 6. The highest BCUT2D eigenvalue weighted by molar-refractivity contribution is 5.16. The van der Waals surface area contributed by atoms with Gasteiger partial charge in [0.2, 0.25) is 0 Å². The van der Waals surface area contributed by atoms with E-state index in [1.54, 1.807) is 0 Å². The van der Waals surface area contributed by atoms with E-state index < -0.39 is 0 Å². The molecule has 2 aromatic rings. The van der Waals surface area contributed by atoms with Gasteiger partial charge in [-0.25, -0.2) is 0 Å². The fraction of sp³-hybridized carbons (Fsp3) is 0.529. The van der Waals surface area contributed by atoms with Gasteiger partial charge in [0.25, 0.3) is 0 Å². The number of hydrogen-bond acceptors (Lipinski definition) is 4. The van der Waals surface area contributed by atoms with Gasteiger partial charge in [0.1, 0.15) is 0 Å². The molecule has 118 valence electrons. The standard InChI is InChI=1S/C17H25N5/c1-14-17(10-20-21(14)2)13-22(12-16-5-7-19-9-16)11-15-4-3-6-18-8-15/h3-4,6,8,10,16,19H,5,7,9,11-13H2,1-2H3. The molecule has 2 aromatic heterocycles. The van der Waals surface area contributed by atoms with Gasteiger partial charge in [0.05, 0.1) is 6.20 Å². The van der Waals surface area contributed by atoms with Crippen LogP contribution in [0.3, 0.4) is 0 Å². The molecule has 1 aliphatic rings. The van der Waals surface area contributed by atoms with Gasteiger partial charge < -0.3 is 5.32 Å². The van der Waals surface area contributed by atoms with Crippen molar-refractivity contribution in [2.45, 2.75) is 26.4 Å². The topological polar surface area (TPSA) is 46.0 Å². The van der Waals surface area contributed by atoms with Crippen LogP contribution in [-0.2, 0) is 20.1 Å². The first-order valence-electron chi connectivity index (χ1n) is 8.02. The molecule has 3 rings (SSSR count). The van der Waals surface area contributed by atoms with Crippen LogP contribution >= 0.6 is 0 Å². The lowest BCUT2D eigenvalue weighted by Gasteiger charge is -2.25. The first-order valence-corrected chi connectivity index (χ1v) is 8.02. The summed E-state index contributed by atoms with van der Waals surface area (Å²) in [6, 6.07) is 4.17. The predicted octanol–water partition coefficient (Wildman–Crippen LogP) is 1.74. The van der Waals surface area contributed by atoms with Crippen LogP contribution < -0.4 is 5.32 Å². The van der Waals surface area contributed by atoms with Gasteiger partial charge in [-0.05, 0) is 44.0 Å². The second-order valence-corrected chi connectivity index (χ2v) is 6.27. The van der Waals surface area contributed by atoms with E-state index in [1.165, 1.54) is 23.2 Å². The number of hydrogen-bond donors (Lipinski definition) is 1. The van der Waals surface area contributed by atoms with Gasteiger partial charge in [-0.2, -0.15) is 5.10 Å². The maximum absolute atomic E-state index is 4.37. The van der Waals surface area contributed by atoms with E-state index in [-0.39, 0.29) is 0 Å². The predicted molar refractivity (Wildman–Crippen MR) is 87.3 cm³/mol. The van der Waals surface area contributed by atoms with Gasteiger partial charge in [0, 0.05) is 50.3 Å². The highest BCUT2D eigenvalue weighted by Crippen LogP contribution is 2.17. The van der Waals surface area contributed by atoms with Crippen molar-refractivity contribution < 1.29 is 0 Å². The lowest BCUT2D eigenvalue weighted by atomic mass is 10.1. The number of pyridine rings is 1. The maximum atomic E-state index is 4.37. The molecule has 22 heavy (non-hydrogen) atoms. The van der Waals surface area contributed by atoms with Crippen molar-refractivity contribution in [1.82, 2.24) is 25.0 Å². The quantitative estimate of drug-likeness (QED) is 0.882.